The van der Waals surface area contributed by atoms with Crippen molar-refractivity contribution in [3.05, 3.63) is 54.9 Å². The molecule has 0 aliphatic carbocycles. The van der Waals surface area contributed by atoms with Crippen molar-refractivity contribution in [1.29, 1.82) is 0 Å². The van der Waals surface area contributed by atoms with Crippen LogP contribution in [0.15, 0.2) is 16.9 Å². The molecule has 5 rings (SSSR count). The lowest BCUT2D eigenvalue weighted by Gasteiger charge is -2.21. The summed E-state index contributed by atoms with van der Waals surface area (Å²) in [5.41, 5.74) is 2.04. The van der Waals surface area contributed by atoms with E-state index in [-0.39, 0.29) is 19.0 Å². The summed E-state index contributed by atoms with van der Waals surface area (Å²) < 4.78 is 18.1. The summed E-state index contributed by atoms with van der Waals surface area (Å²) in [5.74, 6) is 0.933. The Bertz CT molecular complexity index is 1220. The number of hydrogen-bond acceptors (Lipinski definition) is 7. The van der Waals surface area contributed by atoms with Crippen molar-refractivity contribution in [2.75, 3.05) is 6.79 Å². The fourth-order valence-electron chi connectivity index (χ4n) is 3.84. The molecule has 4 heterocycles. The normalized spacial score (nSPS) is 15.1. The Morgan fingerprint density at radius 3 is 3.14 bits per heavy atom. The SMILES string of the molecule is Cc1c(C(=O)OCc2cc(Cl)cc3c2OCOC3)sc2nc3n(c(=O)c12)CCC3. The number of fused-ring (bicyclic) bond motifs is 3. The Morgan fingerprint density at radius 2 is 2.28 bits per heavy atom. The molecule has 29 heavy (non-hydrogen) atoms. The maximum absolute atomic E-state index is 12.8. The van der Waals surface area contributed by atoms with E-state index < -0.39 is 5.97 Å². The fourth-order valence-corrected chi connectivity index (χ4v) is 5.19. The molecule has 2 aliphatic rings. The van der Waals surface area contributed by atoms with Crippen molar-refractivity contribution in [2.24, 2.45) is 0 Å². The van der Waals surface area contributed by atoms with Crippen LogP contribution in [0.25, 0.3) is 10.2 Å². The van der Waals surface area contributed by atoms with Crippen molar-refractivity contribution in [3.8, 4) is 5.75 Å². The third-order valence-electron chi connectivity index (χ3n) is 5.21. The summed E-state index contributed by atoms with van der Waals surface area (Å²) in [6.07, 6.45) is 1.70. The molecule has 3 aromatic rings. The van der Waals surface area contributed by atoms with Crippen molar-refractivity contribution in [2.45, 2.75) is 39.5 Å². The van der Waals surface area contributed by atoms with Gasteiger partial charge in [0, 0.05) is 29.1 Å². The lowest BCUT2D eigenvalue weighted by molar-refractivity contribution is -0.0180. The number of halogens is 1. The van der Waals surface area contributed by atoms with Crippen LogP contribution in [0.3, 0.4) is 0 Å². The molecule has 0 unspecified atom stereocenters. The number of carbonyl (C=O) groups is 1. The Balaban J connectivity index is 1.44. The molecule has 0 saturated carbocycles. The van der Waals surface area contributed by atoms with Crippen LogP contribution in [0.1, 0.15) is 38.6 Å². The zero-order chi connectivity index (χ0) is 20.1. The Kier molecular flexibility index (Phi) is 4.57. The standard InChI is InChI=1S/C20H17ClN2O5S/c1-10-15-18(22-14-3-2-4-23(14)19(15)24)29-17(10)20(25)27-8-12-6-13(21)5-11-7-26-9-28-16(11)12/h5-6H,2-4,7-9H2,1H3. The third-order valence-corrected chi connectivity index (χ3v) is 6.59. The first kappa shape index (κ1) is 18.6. The molecule has 0 spiro atoms. The highest BCUT2D eigenvalue weighted by molar-refractivity contribution is 7.20. The van der Waals surface area contributed by atoms with Gasteiger partial charge in [-0.3, -0.25) is 9.36 Å². The zero-order valence-corrected chi connectivity index (χ0v) is 17.2. The van der Waals surface area contributed by atoms with Crippen molar-refractivity contribution in [3.63, 3.8) is 0 Å². The molecule has 0 fully saturated rings. The molecule has 0 atom stereocenters. The maximum atomic E-state index is 12.8. The summed E-state index contributed by atoms with van der Waals surface area (Å²) >= 11 is 7.37. The van der Waals surface area contributed by atoms with E-state index in [0.29, 0.717) is 50.1 Å². The van der Waals surface area contributed by atoms with Gasteiger partial charge in [0.15, 0.2) is 6.79 Å². The number of thiophene rings is 1. The highest BCUT2D eigenvalue weighted by atomic mass is 35.5. The molecule has 0 N–H and O–H groups in total. The van der Waals surface area contributed by atoms with Crippen LogP contribution in [-0.2, 0) is 35.7 Å². The fraction of sp³-hybridized carbons (Fsp3) is 0.350. The lowest BCUT2D eigenvalue weighted by Crippen LogP contribution is -2.20. The molecule has 0 radical (unpaired) electrons. The van der Waals surface area contributed by atoms with Crippen LogP contribution in [0.2, 0.25) is 5.02 Å². The first-order valence-corrected chi connectivity index (χ1v) is 10.4. The topological polar surface area (TPSA) is 79.7 Å². The monoisotopic (exact) mass is 432 g/mol. The first-order valence-electron chi connectivity index (χ1n) is 9.24. The van der Waals surface area contributed by atoms with E-state index >= 15 is 0 Å². The summed E-state index contributed by atoms with van der Waals surface area (Å²) in [5, 5.41) is 1.03. The Morgan fingerprint density at radius 1 is 1.41 bits per heavy atom. The molecule has 0 bridgehead atoms. The van der Waals surface area contributed by atoms with Gasteiger partial charge in [-0.05, 0) is 31.0 Å². The van der Waals surface area contributed by atoms with E-state index in [1.807, 2.05) is 0 Å². The third kappa shape index (κ3) is 3.11. The van der Waals surface area contributed by atoms with Crippen LogP contribution in [-0.4, -0.2) is 22.3 Å². The number of benzene rings is 1. The highest BCUT2D eigenvalue weighted by Gasteiger charge is 2.25. The van der Waals surface area contributed by atoms with E-state index in [1.54, 1.807) is 23.6 Å². The first-order chi connectivity index (χ1) is 14.0. The second-order valence-corrected chi connectivity index (χ2v) is 8.50. The molecule has 9 heteroatoms. The molecule has 2 aromatic heterocycles. The Hall–Kier alpha value is -2.42. The average Bonchev–Trinajstić information content (AvgIpc) is 3.31. The molecular formula is C20H17ClN2O5S. The quantitative estimate of drug-likeness (QED) is 0.588. The van der Waals surface area contributed by atoms with Gasteiger partial charge < -0.3 is 14.2 Å². The van der Waals surface area contributed by atoms with Gasteiger partial charge in [-0.1, -0.05) is 11.6 Å². The average molecular weight is 433 g/mol. The van der Waals surface area contributed by atoms with E-state index in [2.05, 4.69) is 4.98 Å². The zero-order valence-electron chi connectivity index (χ0n) is 15.6. The minimum Gasteiger partial charge on any atom is -0.467 e. The molecule has 0 amide bonds. The predicted octanol–water partition coefficient (Wildman–Crippen LogP) is 3.59. The van der Waals surface area contributed by atoms with Crippen LogP contribution in [0.4, 0.5) is 0 Å². The number of nitrogens with zero attached hydrogens (tertiary/aromatic N) is 2. The number of carbonyl (C=O) groups excluding carboxylic acids is 1. The summed E-state index contributed by atoms with van der Waals surface area (Å²) in [7, 11) is 0. The molecule has 0 saturated heterocycles. The molecular weight excluding hydrogens is 416 g/mol. The van der Waals surface area contributed by atoms with Gasteiger partial charge >= 0.3 is 5.97 Å². The van der Waals surface area contributed by atoms with Crippen LogP contribution in [0, 0.1) is 6.92 Å². The van der Waals surface area contributed by atoms with Gasteiger partial charge in [-0.15, -0.1) is 11.3 Å². The Labute approximate surface area is 174 Å². The minimum absolute atomic E-state index is 0.0122. The van der Waals surface area contributed by atoms with E-state index in [9.17, 15) is 9.59 Å². The van der Waals surface area contributed by atoms with Crippen molar-refractivity contribution >= 4 is 39.1 Å². The maximum Gasteiger partial charge on any atom is 0.349 e. The van der Waals surface area contributed by atoms with Gasteiger partial charge in [0.1, 0.15) is 27.9 Å². The number of ether oxygens (including phenoxy) is 3. The van der Waals surface area contributed by atoms with E-state index in [1.165, 1.54) is 11.3 Å². The largest absolute Gasteiger partial charge is 0.467 e. The van der Waals surface area contributed by atoms with Gasteiger partial charge in [0.05, 0.1) is 12.0 Å². The summed E-state index contributed by atoms with van der Waals surface area (Å²) in [6, 6.07) is 3.49. The number of aryl methyl sites for hydroxylation is 2. The highest BCUT2D eigenvalue weighted by Crippen LogP contribution is 2.33. The van der Waals surface area contributed by atoms with Gasteiger partial charge in [0.25, 0.3) is 5.56 Å². The molecule has 1 aromatic carbocycles. The van der Waals surface area contributed by atoms with Gasteiger partial charge in [0.2, 0.25) is 0 Å². The van der Waals surface area contributed by atoms with Gasteiger partial charge in [-0.2, -0.15) is 0 Å². The van der Waals surface area contributed by atoms with Crippen LogP contribution >= 0.6 is 22.9 Å². The predicted molar refractivity (Wildman–Crippen MR) is 108 cm³/mol. The van der Waals surface area contributed by atoms with Crippen LogP contribution in [0.5, 0.6) is 5.75 Å². The van der Waals surface area contributed by atoms with Crippen molar-refractivity contribution < 1.29 is 19.0 Å². The lowest BCUT2D eigenvalue weighted by atomic mass is 10.1. The van der Waals surface area contributed by atoms with E-state index in [0.717, 1.165) is 24.2 Å². The number of esters is 1. The molecule has 2 aliphatic heterocycles. The smallest absolute Gasteiger partial charge is 0.349 e. The second kappa shape index (κ2) is 7.12. The second-order valence-electron chi connectivity index (χ2n) is 7.06. The molecule has 7 nitrogen and oxygen atoms in total. The molecule has 150 valence electrons. The van der Waals surface area contributed by atoms with Crippen molar-refractivity contribution in [1.82, 2.24) is 9.55 Å². The van der Waals surface area contributed by atoms with E-state index in [4.69, 9.17) is 25.8 Å². The summed E-state index contributed by atoms with van der Waals surface area (Å²) in [4.78, 5) is 31.1. The number of aromatic nitrogens is 2. The number of rotatable bonds is 3. The minimum atomic E-state index is -0.490. The summed E-state index contributed by atoms with van der Waals surface area (Å²) in [6.45, 7) is 2.99. The van der Waals surface area contributed by atoms with Gasteiger partial charge in [-0.25, -0.2) is 9.78 Å². The number of hydrogen-bond donors (Lipinski definition) is 0. The van der Waals surface area contributed by atoms with Crippen LogP contribution < -0.4 is 10.3 Å².